The summed E-state index contributed by atoms with van der Waals surface area (Å²) in [4.78, 5) is 33.2. The third-order valence-electron chi connectivity index (χ3n) is 8.80. The molecule has 2 atom stereocenters. The van der Waals surface area contributed by atoms with Crippen LogP contribution < -0.4 is 20.7 Å². The number of aliphatic hydroxyl groups is 1. The molecule has 3 amide bonds. The van der Waals surface area contributed by atoms with Gasteiger partial charge in [0.25, 0.3) is 5.91 Å². The summed E-state index contributed by atoms with van der Waals surface area (Å²) in [7, 11) is 0. The molecular formula is C36H46N8O4. The van der Waals surface area contributed by atoms with Gasteiger partial charge in [0.05, 0.1) is 18.3 Å². The maximum Gasteiger partial charge on any atom is 0.319 e. The molecule has 0 bridgehead atoms. The molecule has 0 radical (unpaired) electrons. The van der Waals surface area contributed by atoms with Gasteiger partial charge < -0.3 is 25.8 Å². The third kappa shape index (κ3) is 7.44. The minimum absolute atomic E-state index is 0.174. The zero-order valence-corrected chi connectivity index (χ0v) is 28.6. The Balaban J connectivity index is 1.14. The number of β-amino-alcohol motifs (C(OH)–C–C–N with tert-alkyl or cyclic N) is 1. The lowest BCUT2D eigenvalue weighted by atomic mass is 9.85. The Kier molecular flexibility index (Phi) is 9.14. The summed E-state index contributed by atoms with van der Waals surface area (Å²) < 4.78 is 8.53. The van der Waals surface area contributed by atoms with E-state index in [0.29, 0.717) is 50.4 Å². The number of urea groups is 1. The van der Waals surface area contributed by atoms with E-state index in [1.807, 2.05) is 67.8 Å². The van der Waals surface area contributed by atoms with E-state index in [2.05, 4.69) is 62.9 Å². The van der Waals surface area contributed by atoms with E-state index in [1.165, 1.54) is 0 Å². The molecule has 12 nitrogen and oxygen atoms in total. The molecule has 1 fully saturated rings. The molecule has 1 aromatic carbocycles. The van der Waals surface area contributed by atoms with Gasteiger partial charge in [0, 0.05) is 48.4 Å². The zero-order chi connectivity index (χ0) is 34.2. The van der Waals surface area contributed by atoms with Crippen LogP contribution in [0.3, 0.4) is 0 Å². The maximum absolute atomic E-state index is 13.4. The molecule has 1 aliphatic carbocycles. The summed E-state index contributed by atoms with van der Waals surface area (Å²) >= 11 is 0. The number of amides is 3. The van der Waals surface area contributed by atoms with Gasteiger partial charge in [-0.25, -0.2) is 9.78 Å². The number of likely N-dealkylation sites (tertiary alicyclic amines) is 1. The Hall–Kier alpha value is -4.55. The molecule has 4 aromatic rings. The molecule has 1 saturated heterocycles. The number of carbonyl (C=O) groups is 2. The number of anilines is 1. The average molecular weight is 655 g/mol. The Morgan fingerprint density at radius 2 is 1.71 bits per heavy atom. The number of rotatable bonds is 8. The summed E-state index contributed by atoms with van der Waals surface area (Å²) in [5, 5.41) is 27.2. The number of ether oxygens (including phenoxy) is 1. The summed E-state index contributed by atoms with van der Waals surface area (Å²) in [6.45, 7) is 14.7. The Labute approximate surface area is 281 Å². The van der Waals surface area contributed by atoms with Gasteiger partial charge in [-0.2, -0.15) is 0 Å². The van der Waals surface area contributed by atoms with Gasteiger partial charge in [0.1, 0.15) is 23.4 Å². The largest absolute Gasteiger partial charge is 0.484 e. The van der Waals surface area contributed by atoms with Gasteiger partial charge in [-0.3, -0.25) is 14.1 Å². The number of pyridine rings is 2. The first-order chi connectivity index (χ1) is 22.7. The van der Waals surface area contributed by atoms with Crippen molar-refractivity contribution in [3.63, 3.8) is 0 Å². The van der Waals surface area contributed by atoms with Gasteiger partial charge in [0.15, 0.2) is 5.65 Å². The Morgan fingerprint density at radius 3 is 2.42 bits per heavy atom. The van der Waals surface area contributed by atoms with Crippen LogP contribution in [0.2, 0.25) is 0 Å². The van der Waals surface area contributed by atoms with Gasteiger partial charge in [-0.05, 0) is 48.2 Å². The summed E-state index contributed by atoms with van der Waals surface area (Å²) in [5.41, 5.74) is 3.71. The highest BCUT2D eigenvalue weighted by Gasteiger charge is 2.30. The van der Waals surface area contributed by atoms with Crippen molar-refractivity contribution in [1.82, 2.24) is 35.1 Å². The standard InChI is InChI=1S/C36H46N8O4/c1-35(2,3)30-18-22(17-28(39-30)32(46)37-15-16-43-19-23(45)20-43)38-34(47)40-27-12-13-29(26-10-8-7-9-25(26)27)48-24-11-14-31-41-42-33(36(4,5)6)44(31)21-24/h7-11,14,17-18,21,23,27,29,45H,12-13,15-16,19-20H2,1-6H3,(H,37,46)(H2,38,39,40,47)/t27-,29+/m0/s1. The molecule has 0 spiro atoms. The average Bonchev–Trinajstić information content (AvgIpc) is 3.45. The number of benzene rings is 1. The van der Waals surface area contributed by atoms with Crippen molar-refractivity contribution in [3.8, 4) is 5.75 Å². The van der Waals surface area contributed by atoms with Crippen LogP contribution in [0.5, 0.6) is 5.75 Å². The number of nitrogens with one attached hydrogen (secondary N) is 3. The molecule has 3 aromatic heterocycles. The third-order valence-corrected chi connectivity index (χ3v) is 8.80. The fourth-order valence-electron chi connectivity index (χ4n) is 6.21. The van der Waals surface area contributed by atoms with Crippen molar-refractivity contribution in [2.45, 2.75) is 83.5 Å². The highest BCUT2D eigenvalue weighted by Crippen LogP contribution is 2.39. The first kappa shape index (κ1) is 33.4. The van der Waals surface area contributed by atoms with Crippen molar-refractivity contribution in [2.75, 3.05) is 31.5 Å². The molecular weight excluding hydrogens is 608 g/mol. The highest BCUT2D eigenvalue weighted by atomic mass is 16.5. The molecule has 0 unspecified atom stereocenters. The number of hydrogen-bond donors (Lipinski definition) is 4. The van der Waals surface area contributed by atoms with Crippen molar-refractivity contribution in [1.29, 1.82) is 0 Å². The van der Waals surface area contributed by atoms with Crippen molar-refractivity contribution < 1.29 is 19.4 Å². The van der Waals surface area contributed by atoms with Crippen molar-refractivity contribution in [3.05, 3.63) is 83.1 Å². The van der Waals surface area contributed by atoms with Crippen LogP contribution >= 0.6 is 0 Å². The van der Waals surface area contributed by atoms with Crippen LogP contribution in [0, 0.1) is 0 Å². The van der Waals surface area contributed by atoms with E-state index in [0.717, 1.165) is 28.3 Å². The van der Waals surface area contributed by atoms with Crippen LogP contribution in [0.15, 0.2) is 54.7 Å². The first-order valence-corrected chi connectivity index (χ1v) is 16.6. The molecule has 48 heavy (non-hydrogen) atoms. The van der Waals surface area contributed by atoms with E-state index in [-0.39, 0.29) is 46.7 Å². The summed E-state index contributed by atoms with van der Waals surface area (Å²) in [5.74, 6) is 1.28. The van der Waals surface area contributed by atoms with E-state index < -0.39 is 0 Å². The van der Waals surface area contributed by atoms with Gasteiger partial charge >= 0.3 is 6.03 Å². The lowest BCUT2D eigenvalue weighted by molar-refractivity contribution is 0.00335. The van der Waals surface area contributed by atoms with Crippen molar-refractivity contribution >= 4 is 23.3 Å². The van der Waals surface area contributed by atoms with Crippen LogP contribution in [-0.4, -0.2) is 73.8 Å². The number of carbonyl (C=O) groups excluding carboxylic acids is 2. The van der Waals surface area contributed by atoms with Gasteiger partial charge in [-0.1, -0.05) is 65.8 Å². The lowest BCUT2D eigenvalue weighted by Crippen LogP contribution is -2.52. The number of aromatic nitrogens is 4. The second-order valence-corrected chi connectivity index (χ2v) is 14.9. The Morgan fingerprint density at radius 1 is 0.958 bits per heavy atom. The van der Waals surface area contributed by atoms with Crippen LogP contribution in [0.25, 0.3) is 5.65 Å². The first-order valence-electron chi connectivity index (χ1n) is 16.6. The van der Waals surface area contributed by atoms with Crippen LogP contribution in [0.4, 0.5) is 10.5 Å². The van der Waals surface area contributed by atoms with Gasteiger partial charge in [-0.15, -0.1) is 10.2 Å². The summed E-state index contributed by atoms with van der Waals surface area (Å²) in [6.07, 6.45) is 2.87. The second-order valence-electron chi connectivity index (χ2n) is 14.9. The fraction of sp³-hybridized carbons (Fsp3) is 0.472. The number of fused-ring (bicyclic) bond motifs is 2. The highest BCUT2D eigenvalue weighted by molar-refractivity contribution is 5.95. The topological polar surface area (TPSA) is 146 Å². The van der Waals surface area contributed by atoms with Crippen LogP contribution in [-0.2, 0) is 10.8 Å². The monoisotopic (exact) mass is 654 g/mol. The van der Waals surface area contributed by atoms with Gasteiger partial charge in [0.2, 0.25) is 0 Å². The minimum Gasteiger partial charge on any atom is -0.484 e. The smallest absolute Gasteiger partial charge is 0.319 e. The number of aliphatic hydroxyl groups excluding tert-OH is 1. The van der Waals surface area contributed by atoms with Crippen LogP contribution in [0.1, 0.15) is 99.7 Å². The second kappa shape index (κ2) is 13.2. The normalized spacial score (nSPS) is 18.6. The SMILES string of the molecule is CC(C)(C)c1cc(NC(=O)N[C@H]2CC[C@@H](Oc3ccc4nnc(C(C)(C)C)n4c3)c3ccccc32)cc(C(=O)NCCN2CC(O)C2)n1. The molecule has 0 saturated carbocycles. The molecule has 254 valence electrons. The molecule has 4 heterocycles. The maximum atomic E-state index is 13.4. The minimum atomic E-state index is -0.365. The predicted molar refractivity (Wildman–Crippen MR) is 183 cm³/mol. The quantitative estimate of drug-likeness (QED) is 0.210. The zero-order valence-electron chi connectivity index (χ0n) is 28.6. The van der Waals surface area contributed by atoms with E-state index in [4.69, 9.17) is 4.74 Å². The molecule has 1 aliphatic heterocycles. The van der Waals surface area contributed by atoms with E-state index in [1.54, 1.807) is 6.07 Å². The predicted octanol–water partition coefficient (Wildman–Crippen LogP) is 4.90. The number of nitrogens with zero attached hydrogens (tertiary/aromatic N) is 5. The molecule has 12 heteroatoms. The lowest BCUT2D eigenvalue weighted by Gasteiger charge is -2.35. The fourth-order valence-corrected chi connectivity index (χ4v) is 6.21. The summed E-state index contributed by atoms with van der Waals surface area (Å²) in [6, 6.07) is 14.7. The number of hydrogen-bond acceptors (Lipinski definition) is 8. The molecule has 2 aliphatic rings. The Bertz CT molecular complexity index is 1800. The molecule has 4 N–H and O–H groups in total. The van der Waals surface area contributed by atoms with Crippen molar-refractivity contribution in [2.24, 2.45) is 0 Å². The molecule has 6 rings (SSSR count). The van der Waals surface area contributed by atoms with E-state index in [9.17, 15) is 14.7 Å². The van der Waals surface area contributed by atoms with E-state index >= 15 is 0 Å².